The number of aromatic nitrogens is 5. The lowest BCUT2D eigenvalue weighted by Crippen LogP contribution is -2.15. The number of benzene rings is 1. The summed E-state index contributed by atoms with van der Waals surface area (Å²) >= 11 is 2.78. The van der Waals surface area contributed by atoms with Crippen LogP contribution in [0.2, 0.25) is 0 Å². The first-order valence-electron chi connectivity index (χ1n) is 12.4. The molecule has 0 aliphatic heterocycles. The smallest absolute Gasteiger partial charge is 0.236 e. The minimum atomic E-state index is -0.154. The molecule has 11 heteroatoms. The Morgan fingerprint density at radius 1 is 1.06 bits per heavy atom. The van der Waals surface area contributed by atoms with Gasteiger partial charge in [-0.3, -0.25) is 14.9 Å². The van der Waals surface area contributed by atoms with E-state index in [1.54, 1.807) is 0 Å². The Hall–Kier alpha value is -2.79. The van der Waals surface area contributed by atoms with Crippen molar-refractivity contribution < 1.29 is 9.59 Å². The van der Waals surface area contributed by atoms with Crippen LogP contribution in [0, 0.1) is 0 Å². The third kappa shape index (κ3) is 6.91. The maximum Gasteiger partial charge on any atom is 0.236 e. The Kier molecular flexibility index (Phi) is 9.08. The van der Waals surface area contributed by atoms with E-state index in [-0.39, 0.29) is 17.6 Å². The maximum absolute atomic E-state index is 12.5. The molecule has 2 aromatic heterocycles. The predicted octanol–water partition coefficient (Wildman–Crippen LogP) is 5.14. The van der Waals surface area contributed by atoms with E-state index in [1.165, 1.54) is 42.4 Å². The molecule has 1 aliphatic carbocycles. The van der Waals surface area contributed by atoms with Crippen molar-refractivity contribution in [2.45, 2.75) is 75.8 Å². The van der Waals surface area contributed by atoms with E-state index in [4.69, 9.17) is 0 Å². The number of aryl methyl sites for hydroxylation is 1. The highest BCUT2D eigenvalue weighted by atomic mass is 32.2. The molecule has 4 rings (SSSR count). The number of anilines is 2. The molecule has 1 saturated carbocycles. The van der Waals surface area contributed by atoms with E-state index in [0.29, 0.717) is 40.8 Å². The van der Waals surface area contributed by atoms with Gasteiger partial charge in [0.25, 0.3) is 0 Å². The zero-order chi connectivity index (χ0) is 25.5. The van der Waals surface area contributed by atoms with Gasteiger partial charge in [-0.05, 0) is 30.4 Å². The van der Waals surface area contributed by atoms with Gasteiger partial charge in [-0.15, -0.1) is 20.4 Å². The fraction of sp³-hybridized carbons (Fsp3) is 0.520. The number of carbonyl (C=O) groups is 2. The molecule has 1 fully saturated rings. The van der Waals surface area contributed by atoms with Crippen LogP contribution in [-0.2, 0) is 23.1 Å². The van der Waals surface area contributed by atoms with E-state index < -0.39 is 0 Å². The van der Waals surface area contributed by atoms with Crippen molar-refractivity contribution in [2.24, 2.45) is 7.05 Å². The lowest BCUT2D eigenvalue weighted by atomic mass is 9.90. The second-order valence-electron chi connectivity index (χ2n) is 9.37. The van der Waals surface area contributed by atoms with Crippen molar-refractivity contribution >= 4 is 45.7 Å². The Morgan fingerprint density at radius 3 is 2.61 bits per heavy atom. The molecule has 1 aromatic carbocycles. The zero-order valence-corrected chi connectivity index (χ0v) is 22.6. The van der Waals surface area contributed by atoms with Gasteiger partial charge in [-0.25, -0.2) is 0 Å². The number of thioether (sulfide) groups is 1. The fourth-order valence-electron chi connectivity index (χ4n) is 4.33. The molecule has 0 unspecified atom stereocenters. The van der Waals surface area contributed by atoms with Crippen molar-refractivity contribution in [3.8, 4) is 0 Å². The fourth-order valence-corrected chi connectivity index (χ4v) is 5.98. The van der Waals surface area contributed by atoms with Crippen LogP contribution in [0.4, 0.5) is 10.8 Å². The van der Waals surface area contributed by atoms with Crippen LogP contribution in [-0.4, -0.2) is 42.5 Å². The van der Waals surface area contributed by atoms with E-state index in [2.05, 4.69) is 44.9 Å². The highest BCUT2D eigenvalue weighted by Crippen LogP contribution is 2.35. The number of nitrogens with one attached hydrogen (secondary N) is 2. The highest BCUT2D eigenvalue weighted by molar-refractivity contribution is 7.99. The first kappa shape index (κ1) is 26.3. The standard InChI is InChI=1S/C25H33N7O2S2/c1-16(2)18-11-7-8-12-19(18)26-21(33)14-13-20-28-31-25(32(20)3)35-15-22(34)27-24-30-29-23(36-24)17-9-5-4-6-10-17/h7-8,11-12,16-17H,4-6,9-10,13-15H2,1-3H3,(H,26,33)(H,27,30,34). The molecule has 0 spiro atoms. The number of hydrogen-bond acceptors (Lipinski definition) is 8. The number of rotatable bonds is 10. The topological polar surface area (TPSA) is 115 Å². The molecule has 0 saturated heterocycles. The molecule has 192 valence electrons. The van der Waals surface area contributed by atoms with Gasteiger partial charge in [0.05, 0.1) is 5.75 Å². The van der Waals surface area contributed by atoms with Gasteiger partial charge >= 0.3 is 0 Å². The largest absolute Gasteiger partial charge is 0.326 e. The third-order valence-electron chi connectivity index (χ3n) is 6.33. The minimum Gasteiger partial charge on any atom is -0.326 e. The van der Waals surface area contributed by atoms with Crippen LogP contribution in [0.1, 0.15) is 80.6 Å². The van der Waals surface area contributed by atoms with Crippen molar-refractivity contribution in [1.29, 1.82) is 0 Å². The zero-order valence-electron chi connectivity index (χ0n) is 21.0. The lowest BCUT2D eigenvalue weighted by Gasteiger charge is -2.18. The third-order valence-corrected chi connectivity index (χ3v) is 8.35. The molecule has 0 bridgehead atoms. The molecule has 0 radical (unpaired) electrons. The average molecular weight is 528 g/mol. The summed E-state index contributed by atoms with van der Waals surface area (Å²) in [5, 5.41) is 24.9. The minimum absolute atomic E-state index is 0.0654. The SMILES string of the molecule is CC(C)c1ccccc1NC(=O)CCc1nnc(SCC(=O)Nc2nnc(C3CCCCC3)s2)n1C. The van der Waals surface area contributed by atoms with Gasteiger partial charge in [0.1, 0.15) is 10.8 Å². The summed E-state index contributed by atoms with van der Waals surface area (Å²) in [6.07, 6.45) is 6.82. The number of carbonyl (C=O) groups excluding carboxylic acids is 2. The monoisotopic (exact) mass is 527 g/mol. The van der Waals surface area contributed by atoms with Gasteiger partial charge in [0, 0.05) is 31.5 Å². The molecule has 2 heterocycles. The molecule has 2 amide bonds. The molecule has 2 N–H and O–H groups in total. The Balaban J connectivity index is 1.24. The number of nitrogens with zero attached hydrogens (tertiary/aromatic N) is 5. The van der Waals surface area contributed by atoms with Crippen LogP contribution in [0.5, 0.6) is 0 Å². The number of para-hydroxylation sites is 1. The van der Waals surface area contributed by atoms with Gasteiger partial charge < -0.3 is 9.88 Å². The number of hydrogen-bond donors (Lipinski definition) is 2. The Labute approximate surface area is 219 Å². The second kappa shape index (κ2) is 12.4. The second-order valence-corrected chi connectivity index (χ2v) is 11.3. The maximum atomic E-state index is 12.5. The van der Waals surface area contributed by atoms with Crippen LogP contribution in [0.15, 0.2) is 29.4 Å². The van der Waals surface area contributed by atoms with E-state index in [9.17, 15) is 9.59 Å². The summed E-state index contributed by atoms with van der Waals surface area (Å²) < 4.78 is 1.83. The normalized spacial score (nSPS) is 14.2. The van der Waals surface area contributed by atoms with E-state index in [0.717, 1.165) is 29.1 Å². The quantitative estimate of drug-likeness (QED) is 0.351. The van der Waals surface area contributed by atoms with Crippen LogP contribution in [0.25, 0.3) is 0 Å². The van der Waals surface area contributed by atoms with Crippen LogP contribution in [0.3, 0.4) is 0 Å². The predicted molar refractivity (Wildman–Crippen MR) is 144 cm³/mol. The molecule has 9 nitrogen and oxygen atoms in total. The molecule has 0 atom stereocenters. The summed E-state index contributed by atoms with van der Waals surface area (Å²) in [4.78, 5) is 25.0. The molecular formula is C25H33N7O2S2. The summed E-state index contributed by atoms with van der Waals surface area (Å²) in [5.41, 5.74) is 1.96. The molecule has 1 aliphatic rings. The molecular weight excluding hydrogens is 494 g/mol. The Morgan fingerprint density at radius 2 is 1.83 bits per heavy atom. The first-order chi connectivity index (χ1) is 17.4. The van der Waals surface area contributed by atoms with Crippen molar-refractivity contribution in [1.82, 2.24) is 25.0 Å². The number of amides is 2. The molecule has 3 aromatic rings. The highest BCUT2D eigenvalue weighted by Gasteiger charge is 2.20. The van der Waals surface area contributed by atoms with Crippen molar-refractivity contribution in [2.75, 3.05) is 16.4 Å². The first-order valence-corrected chi connectivity index (χ1v) is 14.2. The summed E-state index contributed by atoms with van der Waals surface area (Å²) in [7, 11) is 1.85. The van der Waals surface area contributed by atoms with E-state index >= 15 is 0 Å². The van der Waals surface area contributed by atoms with Gasteiger partial charge in [0.2, 0.25) is 16.9 Å². The van der Waals surface area contributed by atoms with Crippen LogP contribution < -0.4 is 10.6 Å². The van der Waals surface area contributed by atoms with Gasteiger partial charge in [0.15, 0.2) is 5.16 Å². The van der Waals surface area contributed by atoms with Crippen molar-refractivity contribution in [3.05, 3.63) is 40.7 Å². The molecule has 36 heavy (non-hydrogen) atoms. The summed E-state index contributed by atoms with van der Waals surface area (Å²) in [5.74, 6) is 1.47. The summed E-state index contributed by atoms with van der Waals surface area (Å²) in [6, 6.07) is 7.86. The summed E-state index contributed by atoms with van der Waals surface area (Å²) in [6.45, 7) is 4.21. The average Bonchev–Trinajstić information content (AvgIpc) is 3.48. The Bertz CT molecular complexity index is 1180. The van der Waals surface area contributed by atoms with Gasteiger partial charge in [-0.1, -0.05) is 74.4 Å². The van der Waals surface area contributed by atoms with E-state index in [1.807, 2.05) is 35.9 Å². The van der Waals surface area contributed by atoms with Gasteiger partial charge in [-0.2, -0.15) is 0 Å². The van der Waals surface area contributed by atoms with Crippen molar-refractivity contribution in [3.63, 3.8) is 0 Å². The lowest BCUT2D eigenvalue weighted by molar-refractivity contribution is -0.116. The van der Waals surface area contributed by atoms with Crippen LogP contribution >= 0.6 is 23.1 Å².